The van der Waals surface area contributed by atoms with Gasteiger partial charge in [-0.25, -0.2) is 4.90 Å². The number of nitrogens with one attached hydrogen (secondary N) is 1. The molecule has 1 N–H and O–H groups in total. The van der Waals surface area contributed by atoms with Crippen molar-refractivity contribution in [2.75, 3.05) is 17.3 Å². The summed E-state index contributed by atoms with van der Waals surface area (Å²) in [4.78, 5) is 31.8. The molecule has 0 radical (unpaired) electrons. The van der Waals surface area contributed by atoms with Crippen LogP contribution in [-0.4, -0.2) is 28.3 Å². The Balaban J connectivity index is 1.82. The van der Waals surface area contributed by atoms with Crippen molar-refractivity contribution in [3.05, 3.63) is 76.6 Å². The molecule has 2 heterocycles. The number of carbonyl (C=O) groups is 1. The fourth-order valence-electron chi connectivity index (χ4n) is 4.95. The van der Waals surface area contributed by atoms with Gasteiger partial charge in [0.25, 0.3) is 6.17 Å². The minimum absolute atomic E-state index is 0.143. The standard InChI is InChI=1S/C30H32N4O3S/c1-4-6-18-37-25-17-16-21-12-8-9-13-22(21)26(25)29-33(20(3)35)24-15-11-10-14-23(24)27-28(36)31-30(32-34(27)29)38-19-7-5-2/h8-17,29H,4-7,18-19H2,1-3H3/p+1/t29-/m1/s1. The predicted octanol–water partition coefficient (Wildman–Crippen LogP) is 5.86. The summed E-state index contributed by atoms with van der Waals surface area (Å²) in [6.07, 6.45) is 3.29. The summed E-state index contributed by atoms with van der Waals surface area (Å²) in [5.74, 6) is 1.39. The maximum absolute atomic E-state index is 13.6. The topological polar surface area (TPSA) is 79.2 Å². The van der Waals surface area contributed by atoms with Gasteiger partial charge in [0, 0.05) is 17.8 Å². The summed E-state index contributed by atoms with van der Waals surface area (Å²) in [6, 6.07) is 19.6. The average molecular weight is 530 g/mol. The zero-order valence-electron chi connectivity index (χ0n) is 22.1. The van der Waals surface area contributed by atoms with Crippen molar-refractivity contribution in [1.29, 1.82) is 0 Å². The van der Waals surface area contributed by atoms with Crippen LogP contribution in [0.5, 0.6) is 5.75 Å². The summed E-state index contributed by atoms with van der Waals surface area (Å²) in [7, 11) is 0. The second-order valence-corrected chi connectivity index (χ2v) is 10.5. The van der Waals surface area contributed by atoms with E-state index in [0.29, 0.717) is 34.5 Å². The van der Waals surface area contributed by atoms with Crippen molar-refractivity contribution in [2.45, 2.75) is 57.8 Å². The SMILES string of the molecule is CCCCOc1ccc2ccccc2c1[C@@H]1N(C(C)=O)c2ccccc2-c2c(=O)[nH]c(SCCCC)n[n+]21. The lowest BCUT2D eigenvalue weighted by Crippen LogP contribution is -2.60. The first kappa shape index (κ1) is 26.0. The largest absolute Gasteiger partial charge is 0.493 e. The molecule has 1 amide bonds. The number of ether oxygens (including phenoxy) is 1. The summed E-state index contributed by atoms with van der Waals surface area (Å²) in [5, 5.41) is 7.47. The van der Waals surface area contributed by atoms with E-state index in [-0.39, 0.29) is 11.5 Å². The Morgan fingerprint density at radius 2 is 1.82 bits per heavy atom. The van der Waals surface area contributed by atoms with Gasteiger partial charge >= 0.3 is 11.3 Å². The highest BCUT2D eigenvalue weighted by Crippen LogP contribution is 2.42. The van der Waals surface area contributed by atoms with Gasteiger partial charge < -0.3 is 4.74 Å². The van der Waals surface area contributed by atoms with Crippen molar-refractivity contribution < 1.29 is 14.2 Å². The lowest BCUT2D eigenvalue weighted by Gasteiger charge is -2.32. The number of anilines is 1. The highest BCUT2D eigenvalue weighted by molar-refractivity contribution is 7.99. The Bertz CT molecular complexity index is 1530. The number of unbranched alkanes of at least 4 members (excludes halogenated alkanes) is 2. The zero-order chi connectivity index (χ0) is 26.6. The van der Waals surface area contributed by atoms with Crippen LogP contribution in [0.3, 0.4) is 0 Å². The number of thioether (sulfide) groups is 1. The molecular weight excluding hydrogens is 496 g/mol. The van der Waals surface area contributed by atoms with Gasteiger partial charge in [0.2, 0.25) is 11.1 Å². The van der Waals surface area contributed by atoms with Crippen LogP contribution in [0, 0.1) is 0 Å². The average Bonchev–Trinajstić information content (AvgIpc) is 2.92. The highest BCUT2D eigenvalue weighted by Gasteiger charge is 2.46. The number of aromatic amines is 1. The quantitative estimate of drug-likeness (QED) is 0.167. The number of rotatable bonds is 9. The van der Waals surface area contributed by atoms with E-state index in [1.165, 1.54) is 11.8 Å². The number of H-pyrrole nitrogens is 1. The maximum atomic E-state index is 13.6. The molecule has 5 rings (SSSR count). The van der Waals surface area contributed by atoms with Gasteiger partial charge in [0.1, 0.15) is 5.75 Å². The van der Waals surface area contributed by atoms with Crippen LogP contribution in [0.15, 0.2) is 70.6 Å². The van der Waals surface area contributed by atoms with E-state index < -0.39 is 6.17 Å². The van der Waals surface area contributed by atoms with Crippen LogP contribution in [0.2, 0.25) is 0 Å². The highest BCUT2D eigenvalue weighted by atomic mass is 32.2. The fourth-order valence-corrected chi connectivity index (χ4v) is 5.88. The van der Waals surface area contributed by atoms with Crippen molar-refractivity contribution >= 4 is 34.1 Å². The molecule has 0 spiro atoms. The predicted molar refractivity (Wildman–Crippen MR) is 152 cm³/mol. The minimum atomic E-state index is -0.701. The number of nitrogens with zero attached hydrogens (tertiary/aromatic N) is 3. The molecule has 0 bridgehead atoms. The second kappa shape index (κ2) is 11.4. The first-order chi connectivity index (χ1) is 18.5. The van der Waals surface area contributed by atoms with Gasteiger partial charge in [-0.3, -0.25) is 14.6 Å². The number of benzene rings is 3. The molecule has 0 saturated heterocycles. The van der Waals surface area contributed by atoms with Gasteiger partial charge in [0.05, 0.1) is 23.4 Å². The number of fused-ring (bicyclic) bond motifs is 4. The van der Waals surface area contributed by atoms with Crippen molar-refractivity contribution in [2.24, 2.45) is 0 Å². The van der Waals surface area contributed by atoms with Crippen molar-refractivity contribution in [3.63, 3.8) is 0 Å². The summed E-state index contributed by atoms with van der Waals surface area (Å²) in [6.45, 7) is 6.38. The molecule has 0 aliphatic carbocycles. The molecule has 1 aliphatic heterocycles. The molecule has 0 fully saturated rings. The summed E-state index contributed by atoms with van der Waals surface area (Å²) >= 11 is 1.52. The molecule has 1 aromatic heterocycles. The van der Waals surface area contributed by atoms with Crippen LogP contribution >= 0.6 is 11.8 Å². The lowest BCUT2D eigenvalue weighted by atomic mass is 9.96. The first-order valence-corrected chi connectivity index (χ1v) is 14.3. The third-order valence-electron chi connectivity index (χ3n) is 6.78. The first-order valence-electron chi connectivity index (χ1n) is 13.3. The van der Waals surface area contributed by atoms with Crippen molar-refractivity contribution in [1.82, 2.24) is 10.1 Å². The smallest absolute Gasteiger partial charge is 0.325 e. The summed E-state index contributed by atoms with van der Waals surface area (Å²) < 4.78 is 8.07. The number of hydrogen-bond acceptors (Lipinski definition) is 5. The van der Waals surface area contributed by atoms with E-state index in [4.69, 9.17) is 9.84 Å². The summed E-state index contributed by atoms with van der Waals surface area (Å²) in [5.41, 5.74) is 2.36. The fraction of sp³-hybridized carbons (Fsp3) is 0.333. The van der Waals surface area contributed by atoms with Crippen LogP contribution in [0.25, 0.3) is 22.0 Å². The van der Waals surface area contributed by atoms with Gasteiger partial charge in [-0.1, -0.05) is 80.9 Å². The van der Waals surface area contributed by atoms with Crippen LogP contribution in [-0.2, 0) is 4.79 Å². The number of hydrogen-bond donors (Lipinski definition) is 1. The van der Waals surface area contributed by atoms with Gasteiger partial charge in [-0.15, -0.1) is 0 Å². The minimum Gasteiger partial charge on any atom is -0.493 e. The molecule has 4 aromatic rings. The Labute approximate surface area is 226 Å². The molecule has 0 unspecified atom stereocenters. The third-order valence-corrected chi connectivity index (χ3v) is 7.73. The number of aromatic nitrogens is 3. The molecule has 196 valence electrons. The van der Waals surface area contributed by atoms with E-state index in [9.17, 15) is 9.59 Å². The molecule has 1 aliphatic rings. The Kier molecular flexibility index (Phi) is 7.79. The molecule has 8 heteroatoms. The van der Waals surface area contributed by atoms with Gasteiger partial charge in [-0.2, -0.15) is 0 Å². The van der Waals surface area contributed by atoms with E-state index in [0.717, 1.165) is 47.8 Å². The Morgan fingerprint density at radius 3 is 2.61 bits per heavy atom. The van der Waals surface area contributed by atoms with Gasteiger partial charge in [-0.05, 0) is 46.5 Å². The third kappa shape index (κ3) is 4.80. The van der Waals surface area contributed by atoms with Crippen LogP contribution in [0.1, 0.15) is 58.2 Å². The van der Waals surface area contributed by atoms with Crippen molar-refractivity contribution in [3.8, 4) is 17.0 Å². The Hall–Kier alpha value is -3.65. The molecule has 0 saturated carbocycles. The molecule has 3 aromatic carbocycles. The molecule has 7 nitrogen and oxygen atoms in total. The van der Waals surface area contributed by atoms with Crippen LogP contribution < -0.4 is 19.9 Å². The molecule has 38 heavy (non-hydrogen) atoms. The molecule has 1 atom stereocenters. The number of carbonyl (C=O) groups excluding carboxylic acids is 1. The maximum Gasteiger partial charge on any atom is 0.325 e. The van der Waals surface area contributed by atoms with Crippen LogP contribution in [0.4, 0.5) is 5.69 Å². The van der Waals surface area contributed by atoms with Gasteiger partial charge in [0.15, 0.2) is 0 Å². The number of amides is 1. The van der Waals surface area contributed by atoms with E-state index in [1.807, 2.05) is 60.7 Å². The van der Waals surface area contributed by atoms with E-state index in [2.05, 4.69) is 18.8 Å². The Morgan fingerprint density at radius 1 is 1.05 bits per heavy atom. The zero-order valence-corrected chi connectivity index (χ0v) is 22.9. The van der Waals surface area contributed by atoms with E-state index >= 15 is 0 Å². The number of para-hydroxylation sites is 1. The normalized spacial score (nSPS) is 14.3. The monoisotopic (exact) mass is 529 g/mol. The second-order valence-electron chi connectivity index (χ2n) is 9.43. The lowest BCUT2D eigenvalue weighted by molar-refractivity contribution is -0.763. The van der Waals surface area contributed by atoms with E-state index in [1.54, 1.807) is 16.5 Å². The molecular formula is C30H33N4O3S+.